The Hall–Kier alpha value is -2.83. The molecule has 6 nitrogen and oxygen atoms in total. The van der Waals surface area contributed by atoms with E-state index < -0.39 is 5.97 Å². The number of para-hydroxylation sites is 1. The van der Waals surface area contributed by atoms with Crippen LogP contribution in [0.5, 0.6) is 0 Å². The lowest BCUT2D eigenvalue weighted by Gasteiger charge is -2.09. The quantitative estimate of drug-likeness (QED) is 0.397. The molecule has 0 radical (unpaired) electrons. The van der Waals surface area contributed by atoms with Crippen molar-refractivity contribution in [3.8, 4) is 0 Å². The third-order valence-electron chi connectivity index (χ3n) is 4.44. The van der Waals surface area contributed by atoms with Crippen LogP contribution < -0.4 is 10.6 Å². The van der Waals surface area contributed by atoms with Crippen molar-refractivity contribution in [2.75, 3.05) is 25.5 Å². The zero-order valence-corrected chi connectivity index (χ0v) is 16.3. The number of halogens is 1. The van der Waals surface area contributed by atoms with Gasteiger partial charge in [0.1, 0.15) is 0 Å². The highest BCUT2D eigenvalue weighted by Gasteiger charge is 2.11. The van der Waals surface area contributed by atoms with Gasteiger partial charge in [0.25, 0.3) is 0 Å². The van der Waals surface area contributed by atoms with E-state index in [0.29, 0.717) is 29.2 Å². The Bertz CT molecular complexity index is 984. The zero-order valence-electron chi connectivity index (χ0n) is 15.5. The Morgan fingerprint density at radius 3 is 2.79 bits per heavy atom. The number of carbonyl (C=O) groups excluding carboxylic acids is 2. The minimum Gasteiger partial charge on any atom is -0.465 e. The number of rotatable bonds is 8. The van der Waals surface area contributed by atoms with Crippen molar-refractivity contribution in [1.82, 2.24) is 10.3 Å². The van der Waals surface area contributed by atoms with Crippen molar-refractivity contribution < 1.29 is 14.3 Å². The van der Waals surface area contributed by atoms with Gasteiger partial charge >= 0.3 is 5.97 Å². The van der Waals surface area contributed by atoms with Gasteiger partial charge in [-0.3, -0.25) is 4.79 Å². The maximum Gasteiger partial charge on any atom is 0.337 e. The largest absolute Gasteiger partial charge is 0.465 e. The number of H-pyrrole nitrogens is 1. The molecule has 1 amide bonds. The highest BCUT2D eigenvalue weighted by molar-refractivity contribution is 6.33. The van der Waals surface area contributed by atoms with Gasteiger partial charge in [-0.25, -0.2) is 4.79 Å². The predicted molar refractivity (Wildman–Crippen MR) is 111 cm³/mol. The van der Waals surface area contributed by atoms with Crippen LogP contribution >= 0.6 is 11.6 Å². The van der Waals surface area contributed by atoms with Crippen LogP contribution in [0.1, 0.15) is 22.3 Å². The molecule has 0 saturated heterocycles. The fourth-order valence-electron chi connectivity index (χ4n) is 2.97. The molecule has 0 aliphatic heterocycles. The molecule has 0 atom stereocenters. The van der Waals surface area contributed by atoms with Crippen molar-refractivity contribution >= 4 is 40.1 Å². The first-order valence-corrected chi connectivity index (χ1v) is 9.39. The number of amides is 1. The second-order valence-corrected chi connectivity index (χ2v) is 6.75. The molecule has 0 unspecified atom stereocenters. The first-order chi connectivity index (χ1) is 13.6. The molecule has 3 N–H and O–H groups in total. The SMILES string of the molecule is COC(=O)c1ccc(Cl)c(NC(=O)CCNCCc2c[nH]c3ccccc23)c1. The maximum absolute atomic E-state index is 12.2. The lowest BCUT2D eigenvalue weighted by molar-refractivity contribution is -0.116. The monoisotopic (exact) mass is 399 g/mol. The molecule has 0 aliphatic carbocycles. The fourth-order valence-corrected chi connectivity index (χ4v) is 3.13. The van der Waals surface area contributed by atoms with Gasteiger partial charge in [0, 0.05) is 30.1 Å². The molecule has 0 spiro atoms. The summed E-state index contributed by atoms with van der Waals surface area (Å²) in [7, 11) is 1.30. The number of anilines is 1. The minimum absolute atomic E-state index is 0.177. The van der Waals surface area contributed by atoms with Crippen LogP contribution in [-0.2, 0) is 16.0 Å². The van der Waals surface area contributed by atoms with Crippen LogP contribution in [0.15, 0.2) is 48.7 Å². The highest BCUT2D eigenvalue weighted by Crippen LogP contribution is 2.23. The number of nitrogens with one attached hydrogen (secondary N) is 3. The summed E-state index contributed by atoms with van der Waals surface area (Å²) in [5.74, 6) is -0.658. The smallest absolute Gasteiger partial charge is 0.337 e. The van der Waals surface area contributed by atoms with Gasteiger partial charge in [-0.15, -0.1) is 0 Å². The van der Waals surface area contributed by atoms with Crippen molar-refractivity contribution in [2.45, 2.75) is 12.8 Å². The van der Waals surface area contributed by atoms with Crippen molar-refractivity contribution in [3.05, 3.63) is 64.8 Å². The topological polar surface area (TPSA) is 83.2 Å². The number of aromatic amines is 1. The number of benzene rings is 2. The molecule has 0 aliphatic rings. The van der Waals surface area contributed by atoms with Crippen LogP contribution in [0, 0.1) is 0 Å². The molecule has 1 heterocycles. The number of esters is 1. The van der Waals surface area contributed by atoms with Crippen LogP contribution in [-0.4, -0.2) is 37.1 Å². The van der Waals surface area contributed by atoms with Crippen LogP contribution in [0.4, 0.5) is 5.69 Å². The summed E-state index contributed by atoms with van der Waals surface area (Å²) in [4.78, 5) is 27.0. The van der Waals surface area contributed by atoms with E-state index in [-0.39, 0.29) is 5.91 Å². The third-order valence-corrected chi connectivity index (χ3v) is 4.77. The van der Waals surface area contributed by atoms with Crippen molar-refractivity contribution in [1.29, 1.82) is 0 Å². The number of fused-ring (bicyclic) bond motifs is 1. The van der Waals surface area contributed by atoms with Gasteiger partial charge in [0.15, 0.2) is 0 Å². The summed E-state index contributed by atoms with van der Waals surface area (Å²) in [5, 5.41) is 7.60. The number of hydrogen-bond acceptors (Lipinski definition) is 4. The van der Waals surface area contributed by atoms with Gasteiger partial charge in [0.05, 0.1) is 23.4 Å². The standard InChI is InChI=1S/C21H22ClN3O3/c1-28-21(27)14-6-7-17(22)19(12-14)25-20(26)9-11-23-10-8-15-13-24-18-5-3-2-4-16(15)18/h2-7,12-13,23-24H,8-11H2,1H3,(H,25,26). The van der Waals surface area contributed by atoms with Gasteiger partial charge in [-0.05, 0) is 42.8 Å². The molecular weight excluding hydrogens is 378 g/mol. The van der Waals surface area contributed by atoms with Gasteiger partial charge in [0.2, 0.25) is 5.91 Å². The number of methoxy groups -OCH3 is 1. The molecule has 2 aromatic carbocycles. The molecule has 0 bridgehead atoms. The first kappa shape index (κ1) is 19.9. The Morgan fingerprint density at radius 2 is 1.96 bits per heavy atom. The van der Waals surface area contributed by atoms with Gasteiger partial charge in [-0.1, -0.05) is 29.8 Å². The number of aromatic nitrogens is 1. The molecule has 3 aromatic rings. The molecule has 0 saturated carbocycles. The molecule has 7 heteroatoms. The molecular formula is C21H22ClN3O3. The van der Waals surface area contributed by atoms with Crippen molar-refractivity contribution in [3.63, 3.8) is 0 Å². The summed E-state index contributed by atoms with van der Waals surface area (Å²) >= 11 is 6.09. The maximum atomic E-state index is 12.2. The average Bonchev–Trinajstić information content (AvgIpc) is 3.12. The van der Waals surface area contributed by atoms with Crippen LogP contribution in [0.25, 0.3) is 10.9 Å². The van der Waals surface area contributed by atoms with E-state index in [0.717, 1.165) is 18.5 Å². The van der Waals surface area contributed by atoms with E-state index in [9.17, 15) is 9.59 Å². The van der Waals surface area contributed by atoms with E-state index >= 15 is 0 Å². The Balaban J connectivity index is 1.44. The fraction of sp³-hybridized carbons (Fsp3) is 0.238. The van der Waals surface area contributed by atoms with E-state index in [1.165, 1.54) is 24.1 Å². The van der Waals surface area contributed by atoms with E-state index in [1.807, 2.05) is 18.3 Å². The molecule has 1 aromatic heterocycles. The van der Waals surface area contributed by atoms with Crippen molar-refractivity contribution in [2.24, 2.45) is 0 Å². The Morgan fingerprint density at radius 1 is 1.14 bits per heavy atom. The zero-order chi connectivity index (χ0) is 19.9. The molecule has 146 valence electrons. The van der Waals surface area contributed by atoms with Crippen LogP contribution in [0.2, 0.25) is 5.02 Å². The normalized spacial score (nSPS) is 10.8. The average molecular weight is 400 g/mol. The summed E-state index contributed by atoms with van der Waals surface area (Å²) in [5.41, 5.74) is 3.11. The molecule has 0 fully saturated rings. The lowest BCUT2D eigenvalue weighted by atomic mass is 10.1. The minimum atomic E-state index is -0.480. The van der Waals surface area contributed by atoms with E-state index in [1.54, 1.807) is 12.1 Å². The number of carbonyl (C=O) groups is 2. The van der Waals surface area contributed by atoms with Gasteiger partial charge < -0.3 is 20.4 Å². The number of hydrogen-bond donors (Lipinski definition) is 3. The summed E-state index contributed by atoms with van der Waals surface area (Å²) in [6, 6.07) is 12.8. The van der Waals surface area contributed by atoms with Crippen LogP contribution in [0.3, 0.4) is 0 Å². The molecule has 3 rings (SSSR count). The number of ether oxygens (including phenoxy) is 1. The summed E-state index contributed by atoms with van der Waals surface area (Å²) < 4.78 is 4.68. The lowest BCUT2D eigenvalue weighted by Crippen LogP contribution is -2.23. The Labute approximate surface area is 168 Å². The molecule has 28 heavy (non-hydrogen) atoms. The van der Waals surface area contributed by atoms with E-state index in [4.69, 9.17) is 11.6 Å². The highest BCUT2D eigenvalue weighted by atomic mass is 35.5. The third kappa shape index (κ3) is 4.91. The van der Waals surface area contributed by atoms with Gasteiger partial charge in [-0.2, -0.15) is 0 Å². The summed E-state index contributed by atoms with van der Waals surface area (Å²) in [6.45, 7) is 1.32. The summed E-state index contributed by atoms with van der Waals surface area (Å²) in [6.07, 6.45) is 3.20. The second-order valence-electron chi connectivity index (χ2n) is 6.34. The van der Waals surface area contributed by atoms with E-state index in [2.05, 4.69) is 32.5 Å². The second kappa shape index (κ2) is 9.39. The Kier molecular flexibility index (Phi) is 6.68. The first-order valence-electron chi connectivity index (χ1n) is 9.02. The predicted octanol–water partition coefficient (Wildman–Crippen LogP) is 3.77.